The van der Waals surface area contributed by atoms with Crippen molar-refractivity contribution in [2.24, 2.45) is 0 Å². The van der Waals surface area contributed by atoms with Crippen LogP contribution in [0.4, 0.5) is 11.5 Å². The van der Waals surface area contributed by atoms with Gasteiger partial charge in [-0.25, -0.2) is 4.98 Å². The summed E-state index contributed by atoms with van der Waals surface area (Å²) in [5, 5.41) is 22.0. The molecular weight excluding hydrogens is 266 g/mol. The van der Waals surface area contributed by atoms with Gasteiger partial charge in [0.2, 0.25) is 0 Å². The van der Waals surface area contributed by atoms with E-state index >= 15 is 0 Å². The molecule has 2 N–H and O–H groups in total. The maximum atomic E-state index is 10.6. The van der Waals surface area contributed by atoms with E-state index < -0.39 is 4.92 Å². The Morgan fingerprint density at radius 1 is 1.73 bits per heavy atom. The second kappa shape index (κ2) is 5.04. The third-order valence-corrected chi connectivity index (χ3v) is 2.81. The fraction of sp³-hybridized carbons (Fsp3) is 0.375. The highest BCUT2D eigenvalue weighted by atomic mass is 79.9. The lowest BCUT2D eigenvalue weighted by atomic mass is 10.2. The van der Waals surface area contributed by atoms with Crippen LogP contribution in [0.25, 0.3) is 0 Å². The van der Waals surface area contributed by atoms with Crippen LogP contribution in [0.2, 0.25) is 0 Å². The lowest BCUT2D eigenvalue weighted by molar-refractivity contribution is -0.385. The average molecular weight is 276 g/mol. The molecule has 1 rings (SSSR count). The van der Waals surface area contributed by atoms with Crippen LogP contribution < -0.4 is 5.32 Å². The minimum atomic E-state index is -0.483. The molecule has 0 aromatic carbocycles. The average Bonchev–Trinajstić information content (AvgIpc) is 2.20. The van der Waals surface area contributed by atoms with Crippen molar-refractivity contribution in [3.63, 3.8) is 0 Å². The van der Waals surface area contributed by atoms with Gasteiger partial charge in [-0.2, -0.15) is 0 Å². The normalized spacial score (nSPS) is 10.1. The van der Waals surface area contributed by atoms with Crippen molar-refractivity contribution in [1.29, 1.82) is 0 Å². The Morgan fingerprint density at radius 2 is 2.40 bits per heavy atom. The molecule has 0 spiro atoms. The number of anilines is 1. The number of pyridine rings is 1. The molecule has 6 nitrogen and oxygen atoms in total. The number of aliphatic hydroxyl groups is 1. The Morgan fingerprint density at radius 3 is 2.93 bits per heavy atom. The van der Waals surface area contributed by atoms with Crippen molar-refractivity contribution in [3.8, 4) is 0 Å². The number of nitrogens with zero attached hydrogens (tertiary/aromatic N) is 2. The highest BCUT2D eigenvalue weighted by molar-refractivity contribution is 9.10. The van der Waals surface area contributed by atoms with E-state index in [2.05, 4.69) is 26.2 Å². The zero-order valence-corrected chi connectivity index (χ0v) is 9.61. The van der Waals surface area contributed by atoms with Gasteiger partial charge in [0.05, 0.1) is 16.0 Å². The van der Waals surface area contributed by atoms with Crippen LogP contribution in [0.5, 0.6) is 0 Å². The summed E-state index contributed by atoms with van der Waals surface area (Å²) in [6.45, 7) is 1.96. The smallest absolute Gasteiger partial charge is 0.291 e. The van der Waals surface area contributed by atoms with Gasteiger partial charge in [0.1, 0.15) is 12.0 Å². The number of hydrogen-bond donors (Lipinski definition) is 2. The lowest BCUT2D eigenvalue weighted by Gasteiger charge is -2.07. The van der Waals surface area contributed by atoms with Crippen molar-refractivity contribution >= 4 is 27.4 Å². The van der Waals surface area contributed by atoms with E-state index in [9.17, 15) is 10.1 Å². The molecule has 0 aliphatic heterocycles. The number of nitrogens with one attached hydrogen (secondary N) is 1. The second-order valence-electron chi connectivity index (χ2n) is 2.84. The van der Waals surface area contributed by atoms with E-state index in [4.69, 9.17) is 5.11 Å². The first-order valence-corrected chi connectivity index (χ1v) is 5.01. The molecule has 0 aliphatic rings. The molecule has 0 bridgehead atoms. The Bertz CT molecular complexity index is 384. The molecule has 0 radical (unpaired) electrons. The molecule has 82 valence electrons. The van der Waals surface area contributed by atoms with E-state index in [1.165, 1.54) is 6.20 Å². The molecule has 1 aromatic heterocycles. The molecule has 0 aliphatic carbocycles. The highest BCUT2D eigenvalue weighted by Crippen LogP contribution is 2.30. The minimum absolute atomic E-state index is 0.0237. The number of aliphatic hydroxyl groups excluding tert-OH is 1. The number of nitro groups is 1. The summed E-state index contributed by atoms with van der Waals surface area (Å²) in [5.41, 5.74) is 0.479. The number of rotatable bonds is 4. The predicted molar refractivity (Wildman–Crippen MR) is 58.9 cm³/mol. The Labute approximate surface area is 94.6 Å². The largest absolute Gasteiger partial charge is 0.395 e. The Hall–Kier alpha value is -1.21. The van der Waals surface area contributed by atoms with Gasteiger partial charge in [0, 0.05) is 12.1 Å². The van der Waals surface area contributed by atoms with Crippen molar-refractivity contribution in [2.75, 3.05) is 18.5 Å². The van der Waals surface area contributed by atoms with E-state index in [1.807, 2.05) is 0 Å². The van der Waals surface area contributed by atoms with E-state index in [-0.39, 0.29) is 12.3 Å². The van der Waals surface area contributed by atoms with Crippen molar-refractivity contribution < 1.29 is 10.0 Å². The number of halogens is 1. The van der Waals surface area contributed by atoms with Crippen LogP contribution >= 0.6 is 15.9 Å². The van der Waals surface area contributed by atoms with Crippen molar-refractivity contribution in [3.05, 3.63) is 26.3 Å². The summed E-state index contributed by atoms with van der Waals surface area (Å²) < 4.78 is 0.546. The van der Waals surface area contributed by atoms with Crippen molar-refractivity contribution in [1.82, 2.24) is 4.98 Å². The van der Waals surface area contributed by atoms with Gasteiger partial charge in [-0.05, 0) is 22.9 Å². The SMILES string of the molecule is Cc1c([N+](=O)[O-])cnc(NCCO)c1Br. The van der Waals surface area contributed by atoms with Gasteiger partial charge in [0.25, 0.3) is 5.69 Å². The molecule has 0 unspecified atom stereocenters. The summed E-state index contributed by atoms with van der Waals surface area (Å²) >= 11 is 3.22. The van der Waals surface area contributed by atoms with Crippen LogP contribution in [0, 0.1) is 17.0 Å². The van der Waals surface area contributed by atoms with Crippen LogP contribution in [0.15, 0.2) is 10.7 Å². The molecule has 0 saturated heterocycles. The third-order valence-electron chi connectivity index (χ3n) is 1.84. The molecule has 15 heavy (non-hydrogen) atoms. The predicted octanol–water partition coefficient (Wildman–Crippen LogP) is 1.46. The zero-order valence-electron chi connectivity index (χ0n) is 8.03. The van der Waals surface area contributed by atoms with Gasteiger partial charge < -0.3 is 10.4 Å². The quantitative estimate of drug-likeness (QED) is 0.642. The summed E-state index contributed by atoms with van der Waals surface area (Å²) in [4.78, 5) is 14.0. The Kier molecular flexibility index (Phi) is 3.98. The van der Waals surface area contributed by atoms with Gasteiger partial charge in [0.15, 0.2) is 0 Å². The third kappa shape index (κ3) is 2.63. The molecule has 0 saturated carbocycles. The highest BCUT2D eigenvalue weighted by Gasteiger charge is 2.16. The molecule has 0 atom stereocenters. The van der Waals surface area contributed by atoms with Crippen LogP contribution in [-0.2, 0) is 0 Å². The number of aromatic nitrogens is 1. The summed E-state index contributed by atoms with van der Waals surface area (Å²) in [6.07, 6.45) is 1.19. The van der Waals surface area contributed by atoms with E-state index in [1.54, 1.807) is 6.92 Å². The zero-order chi connectivity index (χ0) is 11.4. The summed E-state index contributed by atoms with van der Waals surface area (Å²) in [5.74, 6) is 0.493. The Balaban J connectivity index is 3.04. The standard InChI is InChI=1S/C8H10BrN3O3/c1-5-6(12(14)15)4-11-8(7(5)9)10-2-3-13/h4,13H,2-3H2,1H3,(H,10,11). The van der Waals surface area contributed by atoms with E-state index in [0.717, 1.165) is 0 Å². The van der Waals surface area contributed by atoms with Crippen molar-refractivity contribution in [2.45, 2.75) is 6.92 Å². The fourth-order valence-corrected chi connectivity index (χ4v) is 1.50. The van der Waals surface area contributed by atoms with Gasteiger partial charge in [-0.15, -0.1) is 0 Å². The molecule has 7 heteroatoms. The van der Waals surface area contributed by atoms with Crippen LogP contribution in [-0.4, -0.2) is 28.2 Å². The van der Waals surface area contributed by atoms with Crippen LogP contribution in [0.1, 0.15) is 5.56 Å². The second-order valence-corrected chi connectivity index (χ2v) is 3.63. The van der Waals surface area contributed by atoms with Gasteiger partial charge in [-0.3, -0.25) is 10.1 Å². The van der Waals surface area contributed by atoms with Gasteiger partial charge >= 0.3 is 0 Å². The molecule has 1 aromatic rings. The number of hydrogen-bond acceptors (Lipinski definition) is 5. The molecule has 0 fully saturated rings. The lowest BCUT2D eigenvalue weighted by Crippen LogP contribution is -2.08. The van der Waals surface area contributed by atoms with Gasteiger partial charge in [-0.1, -0.05) is 0 Å². The summed E-state index contributed by atoms with van der Waals surface area (Å²) in [6, 6.07) is 0. The first-order valence-electron chi connectivity index (χ1n) is 4.22. The maximum absolute atomic E-state index is 10.6. The maximum Gasteiger partial charge on any atom is 0.291 e. The summed E-state index contributed by atoms with van der Waals surface area (Å²) in [7, 11) is 0. The first kappa shape index (κ1) is 11.9. The molecule has 1 heterocycles. The first-order chi connectivity index (χ1) is 7.07. The van der Waals surface area contributed by atoms with E-state index in [0.29, 0.717) is 22.4 Å². The fourth-order valence-electron chi connectivity index (χ4n) is 1.05. The molecular formula is C8H10BrN3O3. The minimum Gasteiger partial charge on any atom is -0.395 e. The van der Waals surface area contributed by atoms with Crippen LogP contribution in [0.3, 0.4) is 0 Å². The topological polar surface area (TPSA) is 88.3 Å². The molecule has 0 amide bonds. The monoisotopic (exact) mass is 275 g/mol.